The summed E-state index contributed by atoms with van der Waals surface area (Å²) in [6, 6.07) is 5.06. The van der Waals surface area contributed by atoms with Gasteiger partial charge >= 0.3 is 0 Å². The SMILES string of the molecule is CCNc1ccc(Cl)cc1C(=O)NC(C)(C)CC(N)=O. The molecule has 1 aromatic carbocycles. The molecule has 0 heterocycles. The van der Waals surface area contributed by atoms with Crippen molar-refractivity contribution in [3.05, 3.63) is 28.8 Å². The third kappa shape index (κ3) is 4.74. The number of carbonyl (C=O) groups is 2. The smallest absolute Gasteiger partial charge is 0.253 e. The third-order valence-corrected chi connectivity index (χ3v) is 2.90. The standard InChI is InChI=1S/C14H20ClN3O2/c1-4-17-11-6-5-9(15)7-10(11)13(20)18-14(2,3)8-12(16)19/h5-7,17H,4,8H2,1-3H3,(H2,16,19)(H,18,20). The minimum Gasteiger partial charge on any atom is -0.385 e. The maximum Gasteiger partial charge on any atom is 0.253 e. The Labute approximate surface area is 123 Å². The van der Waals surface area contributed by atoms with Gasteiger partial charge in [0, 0.05) is 29.2 Å². The molecule has 0 saturated carbocycles. The molecule has 0 radical (unpaired) electrons. The van der Waals surface area contributed by atoms with Crippen LogP contribution in [-0.2, 0) is 4.79 Å². The Hall–Kier alpha value is -1.75. The Morgan fingerprint density at radius 1 is 1.35 bits per heavy atom. The molecule has 0 aliphatic heterocycles. The number of halogens is 1. The second kappa shape index (κ2) is 6.61. The second-order valence-electron chi connectivity index (χ2n) is 5.20. The predicted octanol–water partition coefficient (Wildman–Crippen LogP) is 2.16. The van der Waals surface area contributed by atoms with Crippen LogP contribution in [0.4, 0.5) is 5.69 Å². The van der Waals surface area contributed by atoms with Gasteiger partial charge in [-0.3, -0.25) is 9.59 Å². The van der Waals surface area contributed by atoms with Crippen LogP contribution < -0.4 is 16.4 Å². The van der Waals surface area contributed by atoms with Crippen LogP contribution in [0.3, 0.4) is 0 Å². The van der Waals surface area contributed by atoms with Crippen molar-refractivity contribution in [3.63, 3.8) is 0 Å². The van der Waals surface area contributed by atoms with E-state index in [1.54, 1.807) is 32.0 Å². The molecule has 0 aliphatic carbocycles. The minimum absolute atomic E-state index is 0.0653. The normalized spacial score (nSPS) is 11.0. The fourth-order valence-electron chi connectivity index (χ4n) is 1.90. The number of primary amides is 1. The molecule has 0 spiro atoms. The van der Waals surface area contributed by atoms with E-state index in [-0.39, 0.29) is 12.3 Å². The van der Waals surface area contributed by atoms with Gasteiger partial charge < -0.3 is 16.4 Å². The van der Waals surface area contributed by atoms with Gasteiger partial charge in [-0.05, 0) is 39.0 Å². The molecule has 2 amide bonds. The summed E-state index contributed by atoms with van der Waals surface area (Å²) in [5.74, 6) is -0.761. The molecule has 4 N–H and O–H groups in total. The fraction of sp³-hybridized carbons (Fsp3) is 0.429. The van der Waals surface area contributed by atoms with E-state index in [4.69, 9.17) is 17.3 Å². The number of nitrogens with one attached hydrogen (secondary N) is 2. The summed E-state index contributed by atoms with van der Waals surface area (Å²) in [5, 5.41) is 6.37. The van der Waals surface area contributed by atoms with Gasteiger partial charge in [0.15, 0.2) is 0 Å². The molecule has 0 saturated heterocycles. The van der Waals surface area contributed by atoms with Crippen LogP contribution in [0.1, 0.15) is 37.6 Å². The van der Waals surface area contributed by atoms with Crippen molar-refractivity contribution in [3.8, 4) is 0 Å². The van der Waals surface area contributed by atoms with Gasteiger partial charge in [0.05, 0.1) is 5.56 Å². The van der Waals surface area contributed by atoms with E-state index >= 15 is 0 Å². The monoisotopic (exact) mass is 297 g/mol. The van der Waals surface area contributed by atoms with Crippen LogP contribution in [0.15, 0.2) is 18.2 Å². The van der Waals surface area contributed by atoms with E-state index in [1.807, 2.05) is 6.92 Å². The van der Waals surface area contributed by atoms with Crippen molar-refractivity contribution in [1.29, 1.82) is 0 Å². The summed E-state index contributed by atoms with van der Waals surface area (Å²) < 4.78 is 0. The molecule has 20 heavy (non-hydrogen) atoms. The summed E-state index contributed by atoms with van der Waals surface area (Å²) in [4.78, 5) is 23.3. The van der Waals surface area contributed by atoms with Crippen molar-refractivity contribution < 1.29 is 9.59 Å². The predicted molar refractivity (Wildman–Crippen MR) is 81.0 cm³/mol. The first kappa shape index (κ1) is 16.3. The maximum atomic E-state index is 12.3. The minimum atomic E-state index is -0.714. The Morgan fingerprint density at radius 3 is 2.55 bits per heavy atom. The number of nitrogens with two attached hydrogens (primary N) is 1. The molecule has 5 nitrogen and oxygen atoms in total. The topological polar surface area (TPSA) is 84.2 Å². The summed E-state index contributed by atoms with van der Waals surface area (Å²) >= 11 is 5.93. The van der Waals surface area contributed by atoms with Gasteiger partial charge in [-0.2, -0.15) is 0 Å². The molecule has 6 heteroatoms. The summed E-state index contributed by atoms with van der Waals surface area (Å²) in [6.07, 6.45) is 0.0653. The number of carbonyl (C=O) groups excluding carboxylic acids is 2. The lowest BCUT2D eigenvalue weighted by Gasteiger charge is -2.25. The zero-order chi connectivity index (χ0) is 15.3. The molecule has 0 aliphatic rings. The molecule has 0 bridgehead atoms. The number of hydrogen-bond donors (Lipinski definition) is 3. The summed E-state index contributed by atoms with van der Waals surface area (Å²) in [6.45, 7) is 6.11. The van der Waals surface area contributed by atoms with Gasteiger partial charge in [0.2, 0.25) is 5.91 Å². The average Bonchev–Trinajstić information content (AvgIpc) is 2.29. The average molecular weight is 298 g/mol. The van der Waals surface area contributed by atoms with E-state index in [0.29, 0.717) is 22.8 Å². The van der Waals surface area contributed by atoms with E-state index in [9.17, 15) is 9.59 Å². The molecule has 1 rings (SSSR count). The number of benzene rings is 1. The highest BCUT2D eigenvalue weighted by Crippen LogP contribution is 2.21. The molecule has 0 aromatic heterocycles. The van der Waals surface area contributed by atoms with Crippen LogP contribution in [-0.4, -0.2) is 23.9 Å². The second-order valence-corrected chi connectivity index (χ2v) is 5.64. The van der Waals surface area contributed by atoms with Gasteiger partial charge in [0.25, 0.3) is 5.91 Å². The van der Waals surface area contributed by atoms with E-state index in [2.05, 4.69) is 10.6 Å². The maximum absolute atomic E-state index is 12.3. The highest BCUT2D eigenvalue weighted by Gasteiger charge is 2.24. The Balaban J connectivity index is 2.96. The first-order chi connectivity index (χ1) is 9.25. The molecule has 0 fully saturated rings. The highest BCUT2D eigenvalue weighted by atomic mass is 35.5. The van der Waals surface area contributed by atoms with Crippen molar-refractivity contribution in [2.75, 3.05) is 11.9 Å². The zero-order valence-corrected chi connectivity index (χ0v) is 12.7. The van der Waals surface area contributed by atoms with Crippen LogP contribution in [0.2, 0.25) is 5.02 Å². The van der Waals surface area contributed by atoms with Crippen molar-refractivity contribution in [2.24, 2.45) is 5.73 Å². The largest absolute Gasteiger partial charge is 0.385 e. The zero-order valence-electron chi connectivity index (χ0n) is 11.9. The molecule has 0 unspecified atom stereocenters. The van der Waals surface area contributed by atoms with Gasteiger partial charge in [0.1, 0.15) is 0 Å². The fourth-order valence-corrected chi connectivity index (χ4v) is 2.08. The Bertz CT molecular complexity index is 515. The van der Waals surface area contributed by atoms with Crippen LogP contribution in [0, 0.1) is 0 Å². The lowest BCUT2D eigenvalue weighted by atomic mass is 9.99. The lowest BCUT2D eigenvalue weighted by Crippen LogP contribution is -2.46. The third-order valence-electron chi connectivity index (χ3n) is 2.66. The summed E-state index contributed by atoms with van der Waals surface area (Å²) in [5.41, 5.74) is 5.60. The van der Waals surface area contributed by atoms with E-state index < -0.39 is 11.4 Å². The molecule has 110 valence electrons. The van der Waals surface area contributed by atoms with Crippen LogP contribution in [0.5, 0.6) is 0 Å². The van der Waals surface area contributed by atoms with Gasteiger partial charge in [-0.15, -0.1) is 0 Å². The number of anilines is 1. The van der Waals surface area contributed by atoms with Crippen molar-refractivity contribution in [2.45, 2.75) is 32.7 Å². The lowest BCUT2D eigenvalue weighted by molar-refractivity contribution is -0.119. The molecular weight excluding hydrogens is 278 g/mol. The van der Waals surface area contributed by atoms with Gasteiger partial charge in [-0.25, -0.2) is 0 Å². The quantitative estimate of drug-likeness (QED) is 0.752. The number of hydrogen-bond acceptors (Lipinski definition) is 3. The first-order valence-electron chi connectivity index (χ1n) is 6.39. The van der Waals surface area contributed by atoms with Crippen LogP contribution in [0.25, 0.3) is 0 Å². The van der Waals surface area contributed by atoms with Crippen molar-refractivity contribution >= 4 is 29.1 Å². The van der Waals surface area contributed by atoms with Gasteiger partial charge in [-0.1, -0.05) is 11.6 Å². The highest BCUT2D eigenvalue weighted by molar-refractivity contribution is 6.31. The van der Waals surface area contributed by atoms with Crippen molar-refractivity contribution in [1.82, 2.24) is 5.32 Å². The Kier molecular flexibility index (Phi) is 5.39. The number of rotatable bonds is 6. The number of amides is 2. The summed E-state index contributed by atoms with van der Waals surface area (Å²) in [7, 11) is 0. The van der Waals surface area contributed by atoms with E-state index in [0.717, 1.165) is 0 Å². The molecule has 0 atom stereocenters. The molecular formula is C14H20ClN3O2. The Morgan fingerprint density at radius 2 is 2.00 bits per heavy atom. The molecule has 1 aromatic rings. The van der Waals surface area contributed by atoms with E-state index in [1.165, 1.54) is 0 Å². The van der Waals surface area contributed by atoms with Crippen LogP contribution >= 0.6 is 11.6 Å². The first-order valence-corrected chi connectivity index (χ1v) is 6.77.